The normalized spacial score (nSPS) is 38.7. The predicted octanol–water partition coefficient (Wildman–Crippen LogP) is 3.20. The van der Waals surface area contributed by atoms with Gasteiger partial charge < -0.3 is 9.47 Å². The summed E-state index contributed by atoms with van der Waals surface area (Å²) in [5.41, 5.74) is 1.79. The number of allylic oxidation sites excluding steroid dienone is 3. The molecule has 0 aromatic rings. The zero-order valence-corrected chi connectivity index (χ0v) is 14.1. The van der Waals surface area contributed by atoms with E-state index in [1.54, 1.807) is 0 Å². The van der Waals surface area contributed by atoms with Crippen molar-refractivity contribution in [2.75, 3.05) is 13.7 Å². The molecule has 4 heteroatoms. The number of fused-ring (bicyclic) bond motifs is 3. The van der Waals surface area contributed by atoms with Crippen LogP contribution in [0.3, 0.4) is 0 Å². The van der Waals surface area contributed by atoms with Crippen molar-refractivity contribution < 1.29 is 19.1 Å². The van der Waals surface area contributed by atoms with Gasteiger partial charge in [0.25, 0.3) is 0 Å². The highest BCUT2D eigenvalue weighted by molar-refractivity contribution is 5.81. The maximum Gasteiger partial charge on any atom is 0.313 e. The lowest BCUT2D eigenvalue weighted by Gasteiger charge is -2.46. The van der Waals surface area contributed by atoms with Crippen LogP contribution in [0.2, 0.25) is 0 Å². The molecule has 1 aliphatic heterocycles. The number of cyclic esters (lactones) is 1. The van der Waals surface area contributed by atoms with E-state index in [1.807, 2.05) is 12.2 Å². The highest BCUT2D eigenvalue weighted by Gasteiger charge is 2.55. The van der Waals surface area contributed by atoms with E-state index in [2.05, 4.69) is 26.5 Å². The Morgan fingerprint density at radius 2 is 2.26 bits per heavy atom. The van der Waals surface area contributed by atoms with Gasteiger partial charge in [-0.15, -0.1) is 6.58 Å². The zero-order chi connectivity index (χ0) is 16.8. The van der Waals surface area contributed by atoms with Gasteiger partial charge in [0.1, 0.15) is 0 Å². The number of hydrogen-bond donors (Lipinski definition) is 0. The maximum absolute atomic E-state index is 12.2. The third-order valence-corrected chi connectivity index (χ3v) is 5.89. The molecule has 0 N–H and O–H groups in total. The highest BCUT2D eigenvalue weighted by Crippen LogP contribution is 2.56. The average Bonchev–Trinajstić information content (AvgIpc) is 2.83. The minimum absolute atomic E-state index is 0.0757. The Balaban J connectivity index is 2.10. The van der Waals surface area contributed by atoms with Crippen molar-refractivity contribution in [3.05, 3.63) is 36.0 Å². The molecule has 23 heavy (non-hydrogen) atoms. The Morgan fingerprint density at radius 1 is 1.52 bits per heavy atom. The van der Waals surface area contributed by atoms with Crippen LogP contribution in [0, 0.1) is 22.7 Å². The first-order chi connectivity index (χ1) is 10.8. The number of methoxy groups -OCH3 is 1. The summed E-state index contributed by atoms with van der Waals surface area (Å²) in [5, 5.41) is 0. The summed E-state index contributed by atoms with van der Waals surface area (Å²) < 4.78 is 10.2. The number of carbonyl (C=O) groups excluding carboxylic acids is 2. The standard InChI is InChI=1S/C19H24O4/c1-5-18(2)7-6-14-13(10-18)12(9-16(20)22-4)8-15-17(21)23-11-19(14,15)3/h5,8,10,14-15H,1,6-7,9,11H2,2-4H3/t14-,15-,18-,19-/m1/s1. The summed E-state index contributed by atoms with van der Waals surface area (Å²) in [7, 11) is 1.39. The monoisotopic (exact) mass is 316 g/mol. The number of rotatable bonds is 3. The van der Waals surface area contributed by atoms with E-state index in [1.165, 1.54) is 12.7 Å². The lowest BCUT2D eigenvalue weighted by atomic mass is 9.56. The van der Waals surface area contributed by atoms with Gasteiger partial charge in [-0.1, -0.05) is 32.1 Å². The van der Waals surface area contributed by atoms with Gasteiger partial charge >= 0.3 is 11.9 Å². The molecular formula is C19H24O4. The molecule has 124 valence electrons. The van der Waals surface area contributed by atoms with E-state index >= 15 is 0 Å². The van der Waals surface area contributed by atoms with Crippen LogP contribution in [0.5, 0.6) is 0 Å². The van der Waals surface area contributed by atoms with Gasteiger partial charge in [-0.05, 0) is 29.9 Å². The Morgan fingerprint density at radius 3 is 2.91 bits per heavy atom. The quantitative estimate of drug-likeness (QED) is 0.593. The van der Waals surface area contributed by atoms with Crippen LogP contribution in [0.4, 0.5) is 0 Å². The number of ether oxygens (including phenoxy) is 2. The molecule has 0 unspecified atom stereocenters. The molecule has 0 spiro atoms. The molecule has 3 aliphatic rings. The van der Waals surface area contributed by atoms with E-state index in [4.69, 9.17) is 9.47 Å². The molecule has 3 rings (SSSR count). The number of hydrogen-bond acceptors (Lipinski definition) is 4. The van der Waals surface area contributed by atoms with Crippen molar-refractivity contribution in [1.29, 1.82) is 0 Å². The van der Waals surface area contributed by atoms with Crippen molar-refractivity contribution >= 4 is 11.9 Å². The second-order valence-electron chi connectivity index (χ2n) is 7.44. The first-order valence-corrected chi connectivity index (χ1v) is 8.14. The van der Waals surface area contributed by atoms with Gasteiger partial charge in [0.2, 0.25) is 0 Å². The third-order valence-electron chi connectivity index (χ3n) is 5.89. The van der Waals surface area contributed by atoms with Gasteiger partial charge in [-0.25, -0.2) is 0 Å². The zero-order valence-electron chi connectivity index (χ0n) is 14.1. The SMILES string of the molecule is C=C[C@@]1(C)C=C2C(CC(=O)OC)=C[C@@H]3C(=O)OC[C@]3(C)[C@@H]2CC1. The molecule has 4 nitrogen and oxygen atoms in total. The molecule has 0 bridgehead atoms. The smallest absolute Gasteiger partial charge is 0.313 e. The fourth-order valence-electron chi connectivity index (χ4n) is 4.24. The van der Waals surface area contributed by atoms with E-state index in [0.717, 1.165) is 18.4 Å². The Kier molecular flexibility index (Phi) is 3.74. The summed E-state index contributed by atoms with van der Waals surface area (Å²) in [6.07, 6.45) is 8.29. The third kappa shape index (κ3) is 2.44. The minimum atomic E-state index is -0.281. The summed E-state index contributed by atoms with van der Waals surface area (Å²) in [4.78, 5) is 24.0. The summed E-state index contributed by atoms with van der Waals surface area (Å²) in [6, 6.07) is 0. The topological polar surface area (TPSA) is 52.6 Å². The van der Waals surface area contributed by atoms with Gasteiger partial charge in [-0.3, -0.25) is 9.59 Å². The second-order valence-corrected chi connectivity index (χ2v) is 7.44. The van der Waals surface area contributed by atoms with Crippen LogP contribution < -0.4 is 0 Å². The lowest BCUT2D eigenvalue weighted by Crippen LogP contribution is -2.42. The number of carbonyl (C=O) groups is 2. The molecule has 1 fully saturated rings. The first kappa shape index (κ1) is 16.0. The molecule has 0 radical (unpaired) electrons. The number of esters is 2. The molecule has 0 aromatic carbocycles. The van der Waals surface area contributed by atoms with Crippen LogP contribution in [0.25, 0.3) is 0 Å². The van der Waals surface area contributed by atoms with Crippen LogP contribution in [-0.4, -0.2) is 25.7 Å². The predicted molar refractivity (Wildman–Crippen MR) is 86.4 cm³/mol. The fraction of sp³-hybridized carbons (Fsp3) is 0.579. The molecule has 4 atom stereocenters. The van der Waals surface area contributed by atoms with Gasteiger partial charge in [0, 0.05) is 10.8 Å². The van der Waals surface area contributed by atoms with Crippen molar-refractivity contribution in [2.45, 2.75) is 33.1 Å². The van der Waals surface area contributed by atoms with Crippen LogP contribution in [-0.2, 0) is 19.1 Å². The van der Waals surface area contributed by atoms with Gasteiger partial charge in [0.05, 0.1) is 26.1 Å². The Labute approximate surface area is 137 Å². The average molecular weight is 316 g/mol. The molecule has 0 amide bonds. The molecular weight excluding hydrogens is 292 g/mol. The maximum atomic E-state index is 12.2. The fourth-order valence-corrected chi connectivity index (χ4v) is 4.24. The molecule has 0 saturated carbocycles. The van der Waals surface area contributed by atoms with E-state index in [9.17, 15) is 9.59 Å². The highest BCUT2D eigenvalue weighted by atomic mass is 16.5. The van der Waals surface area contributed by atoms with Crippen molar-refractivity contribution in [3.8, 4) is 0 Å². The molecule has 1 heterocycles. The van der Waals surface area contributed by atoms with Crippen molar-refractivity contribution in [2.24, 2.45) is 22.7 Å². The van der Waals surface area contributed by atoms with Crippen LogP contribution in [0.15, 0.2) is 36.0 Å². The first-order valence-electron chi connectivity index (χ1n) is 8.14. The molecule has 2 aliphatic carbocycles. The minimum Gasteiger partial charge on any atom is -0.469 e. The van der Waals surface area contributed by atoms with Gasteiger partial charge in [-0.2, -0.15) is 0 Å². The summed E-state index contributed by atoms with van der Waals surface area (Å²) in [5.74, 6) is -0.489. The Bertz CT molecular complexity index is 629. The van der Waals surface area contributed by atoms with Crippen molar-refractivity contribution in [1.82, 2.24) is 0 Å². The second kappa shape index (κ2) is 5.36. The van der Waals surface area contributed by atoms with Gasteiger partial charge in [0.15, 0.2) is 0 Å². The van der Waals surface area contributed by atoms with E-state index < -0.39 is 0 Å². The Hall–Kier alpha value is -1.84. The summed E-state index contributed by atoms with van der Waals surface area (Å²) in [6.45, 7) is 8.69. The lowest BCUT2D eigenvalue weighted by molar-refractivity contribution is -0.141. The van der Waals surface area contributed by atoms with Crippen molar-refractivity contribution in [3.63, 3.8) is 0 Å². The van der Waals surface area contributed by atoms with Crippen LogP contribution >= 0.6 is 0 Å². The van der Waals surface area contributed by atoms with Crippen LogP contribution in [0.1, 0.15) is 33.1 Å². The molecule has 1 saturated heterocycles. The van der Waals surface area contributed by atoms with E-state index in [0.29, 0.717) is 6.61 Å². The summed E-state index contributed by atoms with van der Waals surface area (Å²) >= 11 is 0. The molecule has 0 aromatic heterocycles. The van der Waals surface area contributed by atoms with E-state index in [-0.39, 0.29) is 41.0 Å². The largest absolute Gasteiger partial charge is 0.469 e.